The zero-order valence-electron chi connectivity index (χ0n) is 14.3. The maximum atomic E-state index is 12.2. The predicted octanol–water partition coefficient (Wildman–Crippen LogP) is 2.50. The summed E-state index contributed by atoms with van der Waals surface area (Å²) in [6, 6.07) is 7.90. The second kappa shape index (κ2) is 7.31. The second-order valence-electron chi connectivity index (χ2n) is 6.44. The number of aromatic nitrogens is 2. The van der Waals surface area contributed by atoms with Crippen LogP contribution in [0.4, 0.5) is 0 Å². The predicted molar refractivity (Wildman–Crippen MR) is 90.4 cm³/mol. The first-order valence-corrected chi connectivity index (χ1v) is 7.80. The number of hydrogen-bond acceptors (Lipinski definition) is 3. The lowest BCUT2D eigenvalue weighted by molar-refractivity contribution is -0.122. The molecular formula is C18H25N3O2. The monoisotopic (exact) mass is 315 g/mol. The Bertz CT molecular complexity index is 662. The number of nitrogens with one attached hydrogen (secondary N) is 1. The minimum atomic E-state index is -0.333. The summed E-state index contributed by atoms with van der Waals surface area (Å²) < 4.78 is 7.13. The summed E-state index contributed by atoms with van der Waals surface area (Å²) in [5.74, 6) is 0.902. The first kappa shape index (κ1) is 17.1. The third-order valence-corrected chi connectivity index (χ3v) is 3.70. The first-order valence-electron chi connectivity index (χ1n) is 7.80. The van der Waals surface area contributed by atoms with Crippen LogP contribution in [0.25, 0.3) is 0 Å². The number of aryl methyl sites for hydroxylation is 2. The van der Waals surface area contributed by atoms with Crippen molar-refractivity contribution in [2.75, 3.05) is 7.11 Å². The molecule has 1 aromatic heterocycles. The Morgan fingerprint density at radius 1 is 1.35 bits per heavy atom. The second-order valence-corrected chi connectivity index (χ2v) is 6.44. The van der Waals surface area contributed by atoms with Crippen LogP contribution in [0.2, 0.25) is 0 Å². The molecule has 0 saturated heterocycles. The Morgan fingerprint density at radius 2 is 2.09 bits per heavy atom. The molecule has 0 aliphatic heterocycles. The Hall–Kier alpha value is -2.30. The molecule has 0 aliphatic carbocycles. The molecule has 0 unspecified atom stereocenters. The van der Waals surface area contributed by atoms with Gasteiger partial charge in [0.2, 0.25) is 5.91 Å². The topological polar surface area (TPSA) is 56.1 Å². The van der Waals surface area contributed by atoms with Gasteiger partial charge in [0.1, 0.15) is 5.75 Å². The highest BCUT2D eigenvalue weighted by molar-refractivity contribution is 5.77. The van der Waals surface area contributed by atoms with Gasteiger partial charge in [-0.3, -0.25) is 9.48 Å². The Balaban J connectivity index is 1.90. The molecule has 0 saturated carbocycles. The van der Waals surface area contributed by atoms with E-state index >= 15 is 0 Å². The summed E-state index contributed by atoms with van der Waals surface area (Å²) in [6.45, 7) is 4.06. The van der Waals surface area contributed by atoms with E-state index in [9.17, 15) is 4.79 Å². The van der Waals surface area contributed by atoms with Crippen LogP contribution in [0.15, 0.2) is 36.7 Å². The van der Waals surface area contributed by atoms with Crippen molar-refractivity contribution >= 4 is 5.91 Å². The van der Waals surface area contributed by atoms with E-state index < -0.39 is 0 Å². The molecule has 0 radical (unpaired) electrons. The fourth-order valence-electron chi connectivity index (χ4n) is 2.67. The molecule has 2 aromatic rings. The summed E-state index contributed by atoms with van der Waals surface area (Å²) in [7, 11) is 3.54. The van der Waals surface area contributed by atoms with Crippen molar-refractivity contribution in [2.45, 2.75) is 38.6 Å². The van der Waals surface area contributed by atoms with Crippen LogP contribution >= 0.6 is 0 Å². The van der Waals surface area contributed by atoms with E-state index in [1.54, 1.807) is 18.0 Å². The highest BCUT2D eigenvalue weighted by Crippen LogP contribution is 2.22. The number of rotatable bonds is 7. The molecule has 1 aromatic carbocycles. The molecule has 5 nitrogen and oxygen atoms in total. The average Bonchev–Trinajstić information content (AvgIpc) is 2.90. The van der Waals surface area contributed by atoms with Gasteiger partial charge in [0.25, 0.3) is 0 Å². The summed E-state index contributed by atoms with van der Waals surface area (Å²) in [4.78, 5) is 12.2. The van der Waals surface area contributed by atoms with Crippen molar-refractivity contribution in [3.63, 3.8) is 0 Å². The molecule has 5 heteroatoms. The normalized spacial score (nSPS) is 11.3. The number of methoxy groups -OCH3 is 1. The highest BCUT2D eigenvalue weighted by Gasteiger charge is 2.22. The van der Waals surface area contributed by atoms with Gasteiger partial charge in [0, 0.05) is 25.2 Å². The van der Waals surface area contributed by atoms with Gasteiger partial charge in [-0.05, 0) is 43.9 Å². The molecule has 0 bridgehead atoms. The van der Waals surface area contributed by atoms with Crippen molar-refractivity contribution in [1.82, 2.24) is 15.1 Å². The van der Waals surface area contributed by atoms with Crippen molar-refractivity contribution in [1.29, 1.82) is 0 Å². The average molecular weight is 315 g/mol. The van der Waals surface area contributed by atoms with Crippen molar-refractivity contribution in [3.05, 3.63) is 47.8 Å². The van der Waals surface area contributed by atoms with Gasteiger partial charge < -0.3 is 10.1 Å². The van der Waals surface area contributed by atoms with Crippen LogP contribution in [0, 0.1) is 0 Å². The number of ether oxygens (including phenoxy) is 1. The zero-order valence-corrected chi connectivity index (χ0v) is 14.3. The quantitative estimate of drug-likeness (QED) is 0.854. The van der Waals surface area contributed by atoms with E-state index in [1.165, 1.54) is 0 Å². The van der Waals surface area contributed by atoms with Crippen LogP contribution in [0.5, 0.6) is 5.75 Å². The standard InChI is InChI=1S/C18H25N3O2/c1-18(2,11-15-7-5-6-8-16(15)23-4)20-17(22)10-9-14-12-19-21(3)13-14/h5-8,12-13H,9-11H2,1-4H3,(H,20,22). The SMILES string of the molecule is COc1ccccc1CC(C)(C)NC(=O)CCc1cnn(C)c1. The van der Waals surface area contributed by atoms with Gasteiger partial charge in [0.05, 0.1) is 13.3 Å². The maximum absolute atomic E-state index is 12.2. The van der Waals surface area contributed by atoms with Crippen molar-refractivity contribution in [3.8, 4) is 5.75 Å². The number of carbonyl (C=O) groups is 1. The molecule has 23 heavy (non-hydrogen) atoms. The first-order chi connectivity index (χ1) is 10.9. The molecular weight excluding hydrogens is 290 g/mol. The number of carbonyl (C=O) groups excluding carboxylic acids is 1. The molecule has 1 N–H and O–H groups in total. The summed E-state index contributed by atoms with van der Waals surface area (Å²) >= 11 is 0. The molecule has 2 rings (SSSR count). The van der Waals surface area contributed by atoms with E-state index in [2.05, 4.69) is 10.4 Å². The van der Waals surface area contributed by atoms with Crippen molar-refractivity contribution < 1.29 is 9.53 Å². The zero-order chi connectivity index (χ0) is 16.9. The lowest BCUT2D eigenvalue weighted by Gasteiger charge is -2.27. The van der Waals surface area contributed by atoms with E-state index in [1.807, 2.05) is 51.4 Å². The number of hydrogen-bond donors (Lipinski definition) is 1. The van der Waals surface area contributed by atoms with Crippen LogP contribution in [-0.4, -0.2) is 28.3 Å². The summed E-state index contributed by atoms with van der Waals surface area (Å²) in [5, 5.41) is 7.23. The van der Waals surface area contributed by atoms with Gasteiger partial charge in [0.15, 0.2) is 0 Å². The Morgan fingerprint density at radius 3 is 2.74 bits per heavy atom. The minimum absolute atomic E-state index is 0.0498. The Labute approximate surface area is 137 Å². The van der Waals surface area contributed by atoms with Crippen LogP contribution in [-0.2, 0) is 24.7 Å². The number of nitrogens with zero attached hydrogens (tertiary/aromatic N) is 2. The summed E-state index contributed by atoms with van der Waals surface area (Å²) in [5.41, 5.74) is 1.83. The highest BCUT2D eigenvalue weighted by atomic mass is 16.5. The number of para-hydroxylation sites is 1. The third kappa shape index (κ3) is 5.13. The van der Waals surface area contributed by atoms with Crippen LogP contribution < -0.4 is 10.1 Å². The summed E-state index contributed by atoms with van der Waals surface area (Å²) in [6.07, 6.45) is 5.61. The van der Waals surface area contributed by atoms with E-state index in [-0.39, 0.29) is 11.4 Å². The maximum Gasteiger partial charge on any atom is 0.220 e. The van der Waals surface area contributed by atoms with Gasteiger partial charge >= 0.3 is 0 Å². The fraction of sp³-hybridized carbons (Fsp3) is 0.444. The molecule has 0 atom stereocenters. The smallest absolute Gasteiger partial charge is 0.220 e. The lowest BCUT2D eigenvalue weighted by Crippen LogP contribution is -2.45. The van der Waals surface area contributed by atoms with Crippen molar-refractivity contribution in [2.24, 2.45) is 7.05 Å². The molecule has 0 fully saturated rings. The molecule has 0 aliphatic rings. The molecule has 1 heterocycles. The van der Waals surface area contributed by atoms with E-state index in [0.717, 1.165) is 23.3 Å². The van der Waals surface area contributed by atoms with Crippen LogP contribution in [0.1, 0.15) is 31.4 Å². The van der Waals surface area contributed by atoms with Gasteiger partial charge in [-0.2, -0.15) is 5.10 Å². The Kier molecular flexibility index (Phi) is 5.42. The third-order valence-electron chi connectivity index (χ3n) is 3.70. The lowest BCUT2D eigenvalue weighted by atomic mass is 9.94. The van der Waals surface area contributed by atoms with Gasteiger partial charge in [-0.25, -0.2) is 0 Å². The minimum Gasteiger partial charge on any atom is -0.496 e. The van der Waals surface area contributed by atoms with Crippen LogP contribution in [0.3, 0.4) is 0 Å². The fourth-order valence-corrected chi connectivity index (χ4v) is 2.67. The van der Waals surface area contributed by atoms with Gasteiger partial charge in [-0.1, -0.05) is 18.2 Å². The molecule has 124 valence electrons. The number of amides is 1. The van der Waals surface area contributed by atoms with Gasteiger partial charge in [-0.15, -0.1) is 0 Å². The number of benzene rings is 1. The largest absolute Gasteiger partial charge is 0.496 e. The molecule has 0 spiro atoms. The van der Waals surface area contributed by atoms with E-state index in [4.69, 9.17) is 4.74 Å². The van der Waals surface area contributed by atoms with E-state index in [0.29, 0.717) is 12.8 Å². The molecule has 1 amide bonds.